The van der Waals surface area contributed by atoms with Crippen LogP contribution in [0.5, 0.6) is 0 Å². The van der Waals surface area contributed by atoms with Crippen molar-refractivity contribution < 1.29 is 44.1 Å². The van der Waals surface area contributed by atoms with Crippen molar-refractivity contribution in [2.24, 2.45) is 11.7 Å². The van der Waals surface area contributed by atoms with Gasteiger partial charge in [-0.15, -0.1) is 0 Å². The van der Waals surface area contributed by atoms with E-state index in [1.54, 1.807) is 13.8 Å². The van der Waals surface area contributed by atoms with Gasteiger partial charge in [-0.1, -0.05) is 13.8 Å². The maximum Gasteiger partial charge on any atom is 0.326 e. The van der Waals surface area contributed by atoms with Crippen LogP contribution in [0.4, 0.5) is 0 Å². The van der Waals surface area contributed by atoms with Crippen LogP contribution in [0, 0.1) is 5.92 Å². The summed E-state index contributed by atoms with van der Waals surface area (Å²) < 4.78 is 0. The average molecular weight is 493 g/mol. The molecular weight excluding hydrogens is 460 g/mol. The number of thiol groups is 1. The van der Waals surface area contributed by atoms with Gasteiger partial charge in [-0.25, -0.2) is 4.79 Å². The number of rotatable bonds is 16. The molecule has 0 saturated carbocycles. The largest absolute Gasteiger partial charge is 0.481 e. The zero-order valence-electron chi connectivity index (χ0n) is 18.4. The molecule has 0 saturated heterocycles. The van der Waals surface area contributed by atoms with E-state index in [2.05, 4.69) is 28.6 Å². The quantitative estimate of drug-likeness (QED) is 0.117. The lowest BCUT2D eigenvalue weighted by molar-refractivity contribution is -0.143. The summed E-state index contributed by atoms with van der Waals surface area (Å²) in [4.78, 5) is 70.8. The Kier molecular flexibility index (Phi) is 13.7. The molecule has 0 spiro atoms. The Morgan fingerprint density at radius 1 is 0.758 bits per heavy atom. The normalized spacial score (nSPS) is 14.5. The Bertz CT molecular complexity index is 732. The lowest BCUT2D eigenvalue weighted by Crippen LogP contribution is -2.57. The van der Waals surface area contributed by atoms with Gasteiger partial charge in [0.1, 0.15) is 18.1 Å². The molecule has 0 aromatic carbocycles. The highest BCUT2D eigenvalue weighted by molar-refractivity contribution is 7.80. The molecule has 0 radical (unpaired) electrons. The number of carbonyl (C=O) groups excluding carboxylic acids is 3. The van der Waals surface area contributed by atoms with E-state index in [1.165, 1.54) is 0 Å². The van der Waals surface area contributed by atoms with Crippen LogP contribution in [0.25, 0.3) is 0 Å². The Morgan fingerprint density at radius 2 is 1.15 bits per heavy atom. The van der Waals surface area contributed by atoms with E-state index in [4.69, 9.17) is 15.9 Å². The van der Waals surface area contributed by atoms with Crippen molar-refractivity contribution in [3.63, 3.8) is 0 Å². The van der Waals surface area contributed by atoms with Crippen molar-refractivity contribution >= 4 is 48.3 Å². The number of carboxylic acids is 3. The molecular formula is C19H32N4O9S. The lowest BCUT2D eigenvalue weighted by atomic mass is 10.0. The summed E-state index contributed by atoms with van der Waals surface area (Å²) in [6, 6.07) is -5.17. The molecule has 4 unspecified atom stereocenters. The predicted octanol–water partition coefficient (Wildman–Crippen LogP) is -1.44. The molecule has 0 aromatic heterocycles. The fraction of sp³-hybridized carbons (Fsp3) is 0.684. The minimum absolute atomic E-state index is 0.0465. The molecule has 0 aromatic rings. The number of hydrogen-bond donors (Lipinski definition) is 8. The minimum atomic E-state index is -1.44. The molecule has 33 heavy (non-hydrogen) atoms. The molecule has 0 fully saturated rings. The van der Waals surface area contributed by atoms with E-state index in [0.717, 1.165) is 0 Å². The van der Waals surface area contributed by atoms with Crippen molar-refractivity contribution in [1.29, 1.82) is 0 Å². The Balaban J connectivity index is 5.58. The maximum absolute atomic E-state index is 12.7. The molecule has 4 atom stereocenters. The van der Waals surface area contributed by atoms with Gasteiger partial charge in [0.25, 0.3) is 0 Å². The van der Waals surface area contributed by atoms with Crippen LogP contribution in [0.2, 0.25) is 0 Å². The fourth-order valence-corrected chi connectivity index (χ4v) is 2.84. The van der Waals surface area contributed by atoms with E-state index in [0.29, 0.717) is 0 Å². The maximum atomic E-state index is 12.7. The first-order chi connectivity index (χ1) is 15.3. The summed E-state index contributed by atoms with van der Waals surface area (Å²) in [5.41, 5.74) is 5.55. The molecule has 0 rings (SSSR count). The Morgan fingerprint density at radius 3 is 1.48 bits per heavy atom. The van der Waals surface area contributed by atoms with Crippen LogP contribution in [-0.2, 0) is 28.8 Å². The van der Waals surface area contributed by atoms with E-state index in [9.17, 15) is 33.9 Å². The Labute approximate surface area is 196 Å². The first kappa shape index (κ1) is 30.1. The molecule has 14 heteroatoms. The van der Waals surface area contributed by atoms with E-state index in [-0.39, 0.29) is 30.9 Å². The van der Waals surface area contributed by atoms with Crippen LogP contribution in [0.3, 0.4) is 0 Å². The summed E-state index contributed by atoms with van der Waals surface area (Å²) in [7, 11) is 0. The van der Waals surface area contributed by atoms with Crippen LogP contribution < -0.4 is 21.7 Å². The second-order valence-electron chi connectivity index (χ2n) is 7.81. The number of carboxylic acid groups (broad SMARTS) is 3. The van der Waals surface area contributed by atoms with Crippen molar-refractivity contribution in [3.8, 4) is 0 Å². The average Bonchev–Trinajstić information content (AvgIpc) is 2.71. The van der Waals surface area contributed by atoms with Crippen LogP contribution >= 0.6 is 12.6 Å². The molecule has 188 valence electrons. The zero-order chi connectivity index (χ0) is 25.7. The first-order valence-corrected chi connectivity index (χ1v) is 10.9. The molecule has 0 aliphatic rings. The monoisotopic (exact) mass is 492 g/mol. The number of nitrogens with two attached hydrogens (primary N) is 1. The van der Waals surface area contributed by atoms with Gasteiger partial charge in [0.05, 0.1) is 6.04 Å². The number of carbonyl (C=O) groups is 6. The van der Waals surface area contributed by atoms with Crippen molar-refractivity contribution in [2.75, 3.05) is 5.75 Å². The van der Waals surface area contributed by atoms with E-state index in [1.807, 2.05) is 0 Å². The van der Waals surface area contributed by atoms with Crippen LogP contribution in [-0.4, -0.2) is 80.9 Å². The summed E-state index contributed by atoms with van der Waals surface area (Å²) in [6.45, 7) is 3.49. The number of hydrogen-bond acceptors (Lipinski definition) is 8. The SMILES string of the molecule is CC(C)CC(NC(=O)C(CCC(=O)O)NC(=O)C(CCC(=O)O)NC(=O)C(N)CS)C(=O)O. The first-order valence-electron chi connectivity index (χ1n) is 10.2. The molecule has 0 aliphatic carbocycles. The van der Waals surface area contributed by atoms with Gasteiger partial charge in [0.15, 0.2) is 0 Å². The minimum Gasteiger partial charge on any atom is -0.481 e. The second-order valence-corrected chi connectivity index (χ2v) is 8.17. The molecule has 0 aliphatic heterocycles. The third kappa shape index (κ3) is 12.7. The summed E-state index contributed by atoms with van der Waals surface area (Å²) in [5, 5.41) is 34.0. The molecule has 13 nitrogen and oxygen atoms in total. The van der Waals surface area contributed by atoms with Gasteiger partial charge in [0, 0.05) is 18.6 Å². The van der Waals surface area contributed by atoms with Crippen LogP contribution in [0.1, 0.15) is 46.0 Å². The highest BCUT2D eigenvalue weighted by atomic mass is 32.1. The topological polar surface area (TPSA) is 225 Å². The van der Waals surface area contributed by atoms with Gasteiger partial charge >= 0.3 is 17.9 Å². The number of nitrogens with one attached hydrogen (secondary N) is 3. The van der Waals surface area contributed by atoms with Crippen molar-refractivity contribution in [2.45, 2.75) is 70.1 Å². The van der Waals surface area contributed by atoms with Gasteiger partial charge in [-0.2, -0.15) is 12.6 Å². The lowest BCUT2D eigenvalue weighted by Gasteiger charge is -2.25. The van der Waals surface area contributed by atoms with Crippen molar-refractivity contribution in [1.82, 2.24) is 16.0 Å². The number of amides is 3. The highest BCUT2D eigenvalue weighted by Crippen LogP contribution is 2.08. The fourth-order valence-electron chi connectivity index (χ4n) is 2.67. The second kappa shape index (κ2) is 15.1. The molecule has 0 bridgehead atoms. The predicted molar refractivity (Wildman–Crippen MR) is 118 cm³/mol. The van der Waals surface area contributed by atoms with Gasteiger partial charge in [-0.3, -0.25) is 24.0 Å². The van der Waals surface area contributed by atoms with Crippen LogP contribution in [0.15, 0.2) is 0 Å². The third-order valence-corrected chi connectivity index (χ3v) is 4.81. The zero-order valence-corrected chi connectivity index (χ0v) is 19.3. The van der Waals surface area contributed by atoms with Gasteiger partial charge < -0.3 is 37.0 Å². The molecule has 3 amide bonds. The van der Waals surface area contributed by atoms with Gasteiger partial charge in [-0.05, 0) is 25.2 Å². The van der Waals surface area contributed by atoms with Gasteiger partial charge in [0.2, 0.25) is 17.7 Å². The third-order valence-electron chi connectivity index (χ3n) is 4.41. The highest BCUT2D eigenvalue weighted by Gasteiger charge is 2.31. The Hall–Kier alpha value is -2.87. The smallest absolute Gasteiger partial charge is 0.326 e. The molecule has 0 heterocycles. The molecule has 8 N–H and O–H groups in total. The summed E-state index contributed by atoms with van der Waals surface area (Å²) in [5.74, 6) is -6.56. The number of aliphatic carboxylic acids is 3. The summed E-state index contributed by atoms with van der Waals surface area (Å²) >= 11 is 3.88. The van der Waals surface area contributed by atoms with E-state index >= 15 is 0 Å². The van der Waals surface area contributed by atoms with E-state index < -0.39 is 72.6 Å². The summed E-state index contributed by atoms with van der Waals surface area (Å²) in [6.07, 6.45) is -1.60. The van der Waals surface area contributed by atoms with Crippen molar-refractivity contribution in [3.05, 3.63) is 0 Å². The standard InChI is InChI=1S/C19H32N4O9S/c1-9(2)7-13(19(31)32)23-18(30)12(4-6-15(26)27)22-17(29)11(3-5-14(24)25)21-16(28)10(20)8-33/h9-13,33H,3-8,20H2,1-2H3,(H,21,28)(H,22,29)(H,23,30)(H,24,25)(H,26,27)(H,31,32).